The van der Waals surface area contributed by atoms with Gasteiger partial charge in [0.25, 0.3) is 0 Å². The van der Waals surface area contributed by atoms with Gasteiger partial charge in [-0.15, -0.1) is 0 Å². The van der Waals surface area contributed by atoms with E-state index < -0.39 is 0 Å². The van der Waals surface area contributed by atoms with Crippen LogP contribution >= 0.6 is 0 Å². The summed E-state index contributed by atoms with van der Waals surface area (Å²) in [6.45, 7) is 8.14. The summed E-state index contributed by atoms with van der Waals surface area (Å²) in [5.74, 6) is 6.63. The summed E-state index contributed by atoms with van der Waals surface area (Å²) in [6, 6.07) is 8.95. The van der Waals surface area contributed by atoms with Crippen LogP contribution in [0.2, 0.25) is 0 Å². The molecule has 0 aliphatic carbocycles. The third-order valence-corrected chi connectivity index (χ3v) is 3.35. The van der Waals surface area contributed by atoms with Crippen LogP contribution in [-0.2, 0) is 6.54 Å². The highest BCUT2D eigenvalue weighted by Gasteiger charge is 2.12. The zero-order valence-electron chi connectivity index (χ0n) is 11.9. The lowest BCUT2D eigenvalue weighted by Gasteiger charge is -2.27. The van der Waals surface area contributed by atoms with Gasteiger partial charge in [-0.05, 0) is 37.6 Å². The Morgan fingerprint density at radius 3 is 2.61 bits per heavy atom. The molecule has 0 saturated heterocycles. The van der Waals surface area contributed by atoms with Crippen molar-refractivity contribution in [3.63, 3.8) is 0 Å². The molecule has 2 N–H and O–H groups in total. The smallest absolute Gasteiger partial charge is 0.0555 e. The van der Waals surface area contributed by atoms with Gasteiger partial charge in [0.1, 0.15) is 0 Å². The van der Waals surface area contributed by atoms with Crippen molar-refractivity contribution >= 4 is 0 Å². The minimum absolute atomic E-state index is 0.411. The average Bonchev–Trinajstić information content (AvgIpc) is 2.35. The second kappa shape index (κ2) is 7.20. The summed E-state index contributed by atoms with van der Waals surface area (Å²) in [5, 5.41) is 0. The molecule has 0 saturated carbocycles. The standard InChI is InChI=1S/C16H24N2/c1-13(2)14(3)18(4)12-16-8-5-7-15(11-16)9-6-10-17/h5,7-8,11,13-14H,10,12,17H2,1-4H3. The normalized spacial score (nSPS) is 12.4. The monoisotopic (exact) mass is 244 g/mol. The lowest BCUT2D eigenvalue weighted by atomic mass is 10.0. The second-order valence-electron chi connectivity index (χ2n) is 5.11. The Bertz CT molecular complexity index is 426. The molecule has 0 aliphatic rings. The predicted octanol–water partition coefficient (Wildman–Crippen LogP) is 2.47. The second-order valence-corrected chi connectivity index (χ2v) is 5.11. The summed E-state index contributed by atoms with van der Waals surface area (Å²) in [5.41, 5.74) is 7.73. The van der Waals surface area contributed by atoms with E-state index in [0.29, 0.717) is 18.5 Å². The minimum Gasteiger partial charge on any atom is -0.320 e. The third kappa shape index (κ3) is 4.52. The van der Waals surface area contributed by atoms with Gasteiger partial charge in [0.2, 0.25) is 0 Å². The maximum absolute atomic E-state index is 5.39. The summed E-state index contributed by atoms with van der Waals surface area (Å²) >= 11 is 0. The molecule has 1 aromatic carbocycles. The molecule has 0 heterocycles. The van der Waals surface area contributed by atoms with E-state index in [1.165, 1.54) is 5.56 Å². The van der Waals surface area contributed by atoms with Gasteiger partial charge in [-0.3, -0.25) is 4.90 Å². The number of nitrogens with zero attached hydrogens (tertiary/aromatic N) is 1. The Balaban J connectivity index is 2.73. The maximum Gasteiger partial charge on any atom is 0.0555 e. The van der Waals surface area contributed by atoms with Gasteiger partial charge < -0.3 is 5.73 Å². The van der Waals surface area contributed by atoms with Crippen LogP contribution in [0.15, 0.2) is 24.3 Å². The largest absolute Gasteiger partial charge is 0.320 e. The molecule has 1 atom stereocenters. The van der Waals surface area contributed by atoms with Crippen LogP contribution in [0.1, 0.15) is 31.9 Å². The van der Waals surface area contributed by atoms with E-state index in [1.807, 2.05) is 6.07 Å². The number of benzene rings is 1. The topological polar surface area (TPSA) is 29.3 Å². The molecule has 1 unspecified atom stereocenters. The van der Waals surface area contributed by atoms with Gasteiger partial charge in [0.05, 0.1) is 6.54 Å². The first-order chi connectivity index (χ1) is 8.54. The van der Waals surface area contributed by atoms with Crippen LogP contribution in [0.5, 0.6) is 0 Å². The Labute approximate surface area is 111 Å². The summed E-state index contributed by atoms with van der Waals surface area (Å²) in [7, 11) is 2.17. The maximum atomic E-state index is 5.39. The molecule has 2 heteroatoms. The zero-order chi connectivity index (χ0) is 13.5. The Kier molecular flexibility index (Phi) is 5.91. The van der Waals surface area contributed by atoms with Crippen LogP contribution in [-0.4, -0.2) is 24.5 Å². The Morgan fingerprint density at radius 2 is 2.00 bits per heavy atom. The highest BCUT2D eigenvalue weighted by atomic mass is 15.1. The first-order valence-corrected chi connectivity index (χ1v) is 6.52. The van der Waals surface area contributed by atoms with Crippen molar-refractivity contribution in [1.82, 2.24) is 4.90 Å². The minimum atomic E-state index is 0.411. The number of rotatable bonds is 4. The Morgan fingerprint density at radius 1 is 1.28 bits per heavy atom. The molecule has 0 aliphatic heterocycles. The van der Waals surface area contributed by atoms with Gasteiger partial charge >= 0.3 is 0 Å². The van der Waals surface area contributed by atoms with Crippen molar-refractivity contribution in [2.24, 2.45) is 11.7 Å². The molecule has 1 rings (SSSR count). The molecule has 0 amide bonds. The summed E-state index contributed by atoms with van der Waals surface area (Å²) in [4.78, 5) is 2.38. The Hall–Kier alpha value is -1.30. The van der Waals surface area contributed by atoms with Crippen molar-refractivity contribution in [2.75, 3.05) is 13.6 Å². The van der Waals surface area contributed by atoms with E-state index >= 15 is 0 Å². The van der Waals surface area contributed by atoms with E-state index in [1.54, 1.807) is 0 Å². The van der Waals surface area contributed by atoms with Crippen LogP contribution in [0, 0.1) is 17.8 Å². The fraction of sp³-hybridized carbons (Fsp3) is 0.500. The highest BCUT2D eigenvalue weighted by Crippen LogP contribution is 2.13. The average molecular weight is 244 g/mol. The molecule has 0 aromatic heterocycles. The van der Waals surface area contributed by atoms with Crippen LogP contribution in [0.4, 0.5) is 0 Å². The number of hydrogen-bond acceptors (Lipinski definition) is 2. The van der Waals surface area contributed by atoms with Crippen molar-refractivity contribution in [3.8, 4) is 11.8 Å². The first kappa shape index (κ1) is 14.8. The SMILES string of the molecule is CC(C)C(C)N(C)Cc1cccc(C#CCN)c1. The lowest BCUT2D eigenvalue weighted by Crippen LogP contribution is -2.32. The van der Waals surface area contributed by atoms with E-state index in [4.69, 9.17) is 5.73 Å². The van der Waals surface area contributed by atoms with Gasteiger partial charge in [-0.2, -0.15) is 0 Å². The number of nitrogens with two attached hydrogens (primary N) is 1. The van der Waals surface area contributed by atoms with E-state index in [0.717, 1.165) is 12.1 Å². The first-order valence-electron chi connectivity index (χ1n) is 6.52. The van der Waals surface area contributed by atoms with Crippen LogP contribution in [0.25, 0.3) is 0 Å². The summed E-state index contributed by atoms with van der Waals surface area (Å²) in [6.07, 6.45) is 0. The molecule has 2 nitrogen and oxygen atoms in total. The van der Waals surface area contributed by atoms with Gasteiger partial charge in [0, 0.05) is 18.2 Å². The molecule has 18 heavy (non-hydrogen) atoms. The molecule has 1 aromatic rings. The molecule has 0 spiro atoms. The predicted molar refractivity (Wildman–Crippen MR) is 78.1 cm³/mol. The van der Waals surface area contributed by atoms with E-state index in [-0.39, 0.29) is 0 Å². The van der Waals surface area contributed by atoms with Crippen LogP contribution < -0.4 is 5.73 Å². The number of hydrogen-bond donors (Lipinski definition) is 1. The fourth-order valence-corrected chi connectivity index (χ4v) is 1.84. The van der Waals surface area contributed by atoms with Crippen molar-refractivity contribution in [3.05, 3.63) is 35.4 Å². The van der Waals surface area contributed by atoms with Crippen molar-refractivity contribution in [2.45, 2.75) is 33.4 Å². The van der Waals surface area contributed by atoms with E-state index in [9.17, 15) is 0 Å². The molecule has 0 radical (unpaired) electrons. The highest BCUT2D eigenvalue weighted by molar-refractivity contribution is 5.37. The van der Waals surface area contributed by atoms with Gasteiger partial charge in [-0.25, -0.2) is 0 Å². The lowest BCUT2D eigenvalue weighted by molar-refractivity contribution is 0.200. The van der Waals surface area contributed by atoms with Gasteiger partial charge in [0.15, 0.2) is 0 Å². The van der Waals surface area contributed by atoms with Crippen LogP contribution in [0.3, 0.4) is 0 Å². The van der Waals surface area contributed by atoms with Crippen molar-refractivity contribution < 1.29 is 0 Å². The molecular weight excluding hydrogens is 220 g/mol. The fourth-order valence-electron chi connectivity index (χ4n) is 1.84. The van der Waals surface area contributed by atoms with E-state index in [2.05, 4.69) is 62.8 Å². The molecule has 0 fully saturated rings. The summed E-state index contributed by atoms with van der Waals surface area (Å²) < 4.78 is 0. The molecular formula is C16H24N2. The molecule has 98 valence electrons. The third-order valence-electron chi connectivity index (χ3n) is 3.35. The zero-order valence-corrected chi connectivity index (χ0v) is 11.9. The molecule has 0 bridgehead atoms. The quantitative estimate of drug-likeness (QED) is 0.824. The van der Waals surface area contributed by atoms with Gasteiger partial charge in [-0.1, -0.05) is 37.8 Å². The van der Waals surface area contributed by atoms with Crippen molar-refractivity contribution in [1.29, 1.82) is 0 Å².